The highest BCUT2D eigenvalue weighted by Crippen LogP contribution is 2.34. The lowest BCUT2D eigenvalue weighted by Crippen LogP contribution is -2.40. The van der Waals surface area contributed by atoms with Crippen LogP contribution < -0.4 is 5.32 Å². The van der Waals surface area contributed by atoms with E-state index in [4.69, 9.17) is 4.42 Å². The Morgan fingerprint density at radius 1 is 1.12 bits per heavy atom. The Kier molecular flexibility index (Phi) is 3.67. The molecule has 0 bridgehead atoms. The number of nitro benzene ring substituents is 1. The van der Waals surface area contributed by atoms with E-state index in [1.807, 2.05) is 0 Å². The number of rotatable bonds is 3. The van der Waals surface area contributed by atoms with Gasteiger partial charge in [0, 0.05) is 23.4 Å². The molecule has 1 aliphatic heterocycles. The van der Waals surface area contributed by atoms with Gasteiger partial charge in [0.1, 0.15) is 11.5 Å². The molecule has 1 atom stereocenters. The number of non-ortho nitro benzene ring substituents is 1. The van der Waals surface area contributed by atoms with Crippen LogP contribution in [0, 0.1) is 10.1 Å². The van der Waals surface area contributed by atoms with Crippen molar-refractivity contribution in [2.75, 3.05) is 5.32 Å². The zero-order valence-corrected chi connectivity index (χ0v) is 13.3. The van der Waals surface area contributed by atoms with E-state index in [9.17, 15) is 20.1 Å². The van der Waals surface area contributed by atoms with Gasteiger partial charge in [-0.05, 0) is 24.3 Å². The number of hydrogen-bond donors (Lipinski definition) is 2. The number of amides is 1. The molecule has 4 rings (SSSR count). The molecule has 0 radical (unpaired) electrons. The number of carbonyl (C=O) groups is 1. The monoisotopic (exact) mass is 351 g/mol. The van der Waals surface area contributed by atoms with Crippen LogP contribution in [0.15, 0.2) is 65.1 Å². The maximum absolute atomic E-state index is 12.3. The van der Waals surface area contributed by atoms with Crippen LogP contribution in [-0.4, -0.2) is 21.1 Å². The topological polar surface area (TPSA) is 109 Å². The fraction of sp³-hybridized carbons (Fsp3) is 0.0556. The maximum atomic E-state index is 12.3. The third-order valence-electron chi connectivity index (χ3n) is 4.14. The summed E-state index contributed by atoms with van der Waals surface area (Å²) in [6, 6.07) is 16.1. The van der Waals surface area contributed by atoms with Gasteiger partial charge in [-0.3, -0.25) is 20.1 Å². The van der Waals surface area contributed by atoms with Crippen LogP contribution in [0.25, 0.3) is 11.3 Å². The molecular formula is C18H13N3O5. The predicted molar refractivity (Wildman–Crippen MR) is 91.6 cm³/mol. The van der Waals surface area contributed by atoms with Crippen molar-refractivity contribution in [2.45, 2.75) is 6.17 Å². The summed E-state index contributed by atoms with van der Waals surface area (Å²) in [6.45, 7) is 0. The van der Waals surface area contributed by atoms with Crippen LogP contribution in [0.2, 0.25) is 0 Å². The normalized spacial score (nSPS) is 16.1. The number of nitrogens with one attached hydrogen (secondary N) is 1. The summed E-state index contributed by atoms with van der Waals surface area (Å²) in [5, 5.41) is 24.7. The van der Waals surface area contributed by atoms with Crippen LogP contribution in [0.5, 0.6) is 0 Å². The molecule has 130 valence electrons. The second-order valence-electron chi connectivity index (χ2n) is 5.75. The molecule has 0 saturated heterocycles. The van der Waals surface area contributed by atoms with E-state index >= 15 is 0 Å². The summed E-state index contributed by atoms with van der Waals surface area (Å²) in [5.74, 6) is 0.153. The van der Waals surface area contributed by atoms with Crippen molar-refractivity contribution in [3.05, 3.63) is 82.1 Å². The Bertz CT molecular complexity index is 1010. The molecule has 0 unspecified atom stereocenters. The van der Waals surface area contributed by atoms with E-state index in [0.29, 0.717) is 33.4 Å². The molecular weight excluding hydrogens is 338 g/mol. The van der Waals surface area contributed by atoms with Gasteiger partial charge in [-0.25, -0.2) is 0 Å². The molecule has 8 nitrogen and oxygen atoms in total. The molecule has 0 fully saturated rings. The van der Waals surface area contributed by atoms with Crippen molar-refractivity contribution in [3.63, 3.8) is 0 Å². The Morgan fingerprint density at radius 3 is 2.73 bits per heavy atom. The fourth-order valence-electron chi connectivity index (χ4n) is 2.86. The first kappa shape index (κ1) is 15.9. The summed E-state index contributed by atoms with van der Waals surface area (Å²) in [6.07, 6.45) is -0.898. The summed E-state index contributed by atoms with van der Waals surface area (Å²) in [7, 11) is 0. The van der Waals surface area contributed by atoms with Crippen molar-refractivity contribution in [3.8, 4) is 11.3 Å². The van der Waals surface area contributed by atoms with Gasteiger partial charge in [0.15, 0.2) is 6.17 Å². The first-order chi connectivity index (χ1) is 12.5. The number of carbonyl (C=O) groups excluding carboxylic acids is 1. The third kappa shape index (κ3) is 2.58. The summed E-state index contributed by atoms with van der Waals surface area (Å²) < 4.78 is 5.74. The molecule has 3 aromatic rings. The molecule has 26 heavy (non-hydrogen) atoms. The van der Waals surface area contributed by atoms with Crippen molar-refractivity contribution in [2.24, 2.45) is 0 Å². The summed E-state index contributed by atoms with van der Waals surface area (Å²) in [5.41, 5.74) is 1.42. The predicted octanol–water partition coefficient (Wildman–Crippen LogP) is 3.81. The average Bonchev–Trinajstić information content (AvgIpc) is 3.15. The van der Waals surface area contributed by atoms with Crippen molar-refractivity contribution < 1.29 is 19.3 Å². The van der Waals surface area contributed by atoms with Crippen molar-refractivity contribution >= 4 is 17.3 Å². The Labute approximate surface area is 147 Å². The summed E-state index contributed by atoms with van der Waals surface area (Å²) >= 11 is 0. The smallest absolute Gasteiger partial charge is 0.281 e. The molecule has 0 spiro atoms. The number of anilines is 1. The third-order valence-corrected chi connectivity index (χ3v) is 4.14. The molecule has 2 heterocycles. The molecule has 1 aliphatic rings. The molecule has 0 aliphatic carbocycles. The Morgan fingerprint density at radius 2 is 1.92 bits per heavy atom. The highest BCUT2D eigenvalue weighted by molar-refractivity contribution is 6.00. The second-order valence-corrected chi connectivity index (χ2v) is 5.75. The number of hydrogen-bond acceptors (Lipinski definition) is 6. The molecule has 1 amide bonds. The minimum absolute atomic E-state index is 0.0517. The highest BCUT2D eigenvalue weighted by atomic mass is 16.6. The molecule has 0 saturated carbocycles. The van der Waals surface area contributed by atoms with Crippen LogP contribution in [0.3, 0.4) is 0 Å². The molecule has 8 heteroatoms. The first-order valence-corrected chi connectivity index (χ1v) is 7.77. The van der Waals surface area contributed by atoms with Gasteiger partial charge in [-0.15, -0.1) is 0 Å². The van der Waals surface area contributed by atoms with Gasteiger partial charge in [0.05, 0.1) is 10.5 Å². The van der Waals surface area contributed by atoms with Gasteiger partial charge < -0.3 is 9.73 Å². The number of furan rings is 1. The van der Waals surface area contributed by atoms with Gasteiger partial charge >= 0.3 is 0 Å². The average molecular weight is 351 g/mol. The van der Waals surface area contributed by atoms with Crippen LogP contribution in [0.4, 0.5) is 11.4 Å². The van der Waals surface area contributed by atoms with Crippen molar-refractivity contribution in [1.29, 1.82) is 0 Å². The van der Waals surface area contributed by atoms with Gasteiger partial charge in [0.25, 0.3) is 11.6 Å². The number of hydroxylamine groups is 2. The van der Waals surface area contributed by atoms with Gasteiger partial charge in [0.2, 0.25) is 0 Å². The van der Waals surface area contributed by atoms with E-state index < -0.39 is 17.0 Å². The van der Waals surface area contributed by atoms with Crippen LogP contribution >= 0.6 is 0 Å². The van der Waals surface area contributed by atoms with E-state index in [1.165, 1.54) is 12.1 Å². The quantitative estimate of drug-likeness (QED) is 0.422. The number of para-hydroxylation sites is 1. The molecule has 1 aromatic heterocycles. The standard InChI is InChI=1S/C18H13N3O5/c22-18-13-6-1-2-7-14(13)19-17(20(18)23)16-9-8-15(26-16)11-4-3-5-12(10-11)21(24)25/h1-10,17,19,23H/t17-/m0/s1. The van der Waals surface area contributed by atoms with Crippen LogP contribution in [0.1, 0.15) is 22.3 Å². The lowest BCUT2D eigenvalue weighted by Gasteiger charge is -2.31. The summed E-state index contributed by atoms with van der Waals surface area (Å²) in [4.78, 5) is 22.8. The molecule has 2 aromatic carbocycles. The van der Waals surface area contributed by atoms with E-state index in [0.717, 1.165) is 0 Å². The van der Waals surface area contributed by atoms with Crippen molar-refractivity contribution in [1.82, 2.24) is 5.06 Å². The SMILES string of the molecule is O=C1c2ccccc2N[C@H](c2ccc(-c3cccc([N+](=O)[O-])c3)o2)N1O. The largest absolute Gasteiger partial charge is 0.457 e. The van der Waals surface area contributed by atoms with E-state index in [-0.39, 0.29) is 5.69 Å². The number of nitro groups is 1. The minimum Gasteiger partial charge on any atom is -0.457 e. The number of benzene rings is 2. The van der Waals surface area contributed by atoms with E-state index in [2.05, 4.69) is 5.32 Å². The van der Waals surface area contributed by atoms with Gasteiger partial charge in [-0.2, -0.15) is 5.06 Å². The lowest BCUT2D eigenvalue weighted by atomic mass is 10.1. The maximum Gasteiger partial charge on any atom is 0.281 e. The van der Waals surface area contributed by atoms with Crippen LogP contribution in [-0.2, 0) is 0 Å². The zero-order valence-electron chi connectivity index (χ0n) is 13.3. The lowest BCUT2D eigenvalue weighted by molar-refractivity contribution is -0.384. The van der Waals surface area contributed by atoms with E-state index in [1.54, 1.807) is 48.5 Å². The minimum atomic E-state index is -0.898. The Hall–Kier alpha value is -3.65. The highest BCUT2D eigenvalue weighted by Gasteiger charge is 2.34. The Balaban J connectivity index is 1.67. The fourth-order valence-corrected chi connectivity index (χ4v) is 2.86. The van der Waals surface area contributed by atoms with Gasteiger partial charge in [-0.1, -0.05) is 24.3 Å². The first-order valence-electron chi connectivity index (χ1n) is 7.77. The zero-order chi connectivity index (χ0) is 18.3. The number of nitrogens with zero attached hydrogens (tertiary/aromatic N) is 2. The molecule has 2 N–H and O–H groups in total. The number of fused-ring (bicyclic) bond motifs is 1. The second kappa shape index (κ2) is 6.01.